The minimum Gasteiger partial charge on any atom is -0.382 e. The van der Waals surface area contributed by atoms with E-state index in [1.807, 2.05) is 30.3 Å². The number of para-hydroxylation sites is 1. The van der Waals surface area contributed by atoms with E-state index in [1.54, 1.807) is 11.0 Å². The SMILES string of the molecule is Nc1cc2c(nn1)CCN(C(=O)c1cnn(-c3ccccc3)n1)C2. The van der Waals surface area contributed by atoms with E-state index in [4.69, 9.17) is 5.73 Å². The molecule has 0 unspecified atom stereocenters. The van der Waals surface area contributed by atoms with Crippen molar-refractivity contribution in [1.29, 1.82) is 0 Å². The molecule has 0 fully saturated rings. The van der Waals surface area contributed by atoms with Crippen molar-refractivity contribution < 1.29 is 4.79 Å². The summed E-state index contributed by atoms with van der Waals surface area (Å²) in [6.07, 6.45) is 2.14. The minimum absolute atomic E-state index is 0.154. The number of nitrogen functional groups attached to an aromatic ring is 1. The van der Waals surface area contributed by atoms with Crippen molar-refractivity contribution in [1.82, 2.24) is 30.1 Å². The lowest BCUT2D eigenvalue weighted by Crippen LogP contribution is -2.36. The Labute approximate surface area is 137 Å². The number of benzene rings is 1. The van der Waals surface area contributed by atoms with Gasteiger partial charge in [0.15, 0.2) is 5.69 Å². The fourth-order valence-electron chi connectivity index (χ4n) is 2.73. The lowest BCUT2D eigenvalue weighted by molar-refractivity contribution is 0.0726. The van der Waals surface area contributed by atoms with Gasteiger partial charge in [-0.2, -0.15) is 15.0 Å². The molecule has 0 aliphatic carbocycles. The molecule has 1 aliphatic heterocycles. The van der Waals surface area contributed by atoms with Crippen LogP contribution in [0.2, 0.25) is 0 Å². The number of amides is 1. The van der Waals surface area contributed by atoms with Gasteiger partial charge in [0.1, 0.15) is 5.82 Å². The van der Waals surface area contributed by atoms with Gasteiger partial charge < -0.3 is 10.6 Å². The van der Waals surface area contributed by atoms with Gasteiger partial charge in [-0.05, 0) is 23.8 Å². The Bertz CT molecular complexity index is 890. The van der Waals surface area contributed by atoms with Gasteiger partial charge in [0.05, 0.1) is 17.6 Å². The molecule has 4 rings (SSSR count). The summed E-state index contributed by atoms with van der Waals surface area (Å²) in [5.41, 5.74) is 8.62. The van der Waals surface area contributed by atoms with Crippen molar-refractivity contribution in [2.45, 2.75) is 13.0 Å². The average molecular weight is 321 g/mol. The van der Waals surface area contributed by atoms with Crippen LogP contribution in [0.3, 0.4) is 0 Å². The van der Waals surface area contributed by atoms with Gasteiger partial charge in [0, 0.05) is 19.5 Å². The van der Waals surface area contributed by atoms with E-state index < -0.39 is 0 Å². The summed E-state index contributed by atoms with van der Waals surface area (Å²) in [5, 5.41) is 16.4. The highest BCUT2D eigenvalue weighted by Crippen LogP contribution is 2.19. The highest BCUT2D eigenvalue weighted by atomic mass is 16.2. The fraction of sp³-hybridized carbons (Fsp3) is 0.188. The molecule has 3 aromatic rings. The first-order valence-electron chi connectivity index (χ1n) is 7.59. The smallest absolute Gasteiger partial charge is 0.276 e. The molecular weight excluding hydrogens is 306 g/mol. The Morgan fingerprint density at radius 1 is 1.17 bits per heavy atom. The maximum atomic E-state index is 12.7. The monoisotopic (exact) mass is 321 g/mol. The summed E-state index contributed by atoms with van der Waals surface area (Å²) < 4.78 is 0. The molecule has 0 bridgehead atoms. The van der Waals surface area contributed by atoms with Crippen molar-refractivity contribution in [3.63, 3.8) is 0 Å². The van der Waals surface area contributed by atoms with Crippen molar-refractivity contribution >= 4 is 11.7 Å². The predicted molar refractivity (Wildman–Crippen MR) is 86.2 cm³/mol. The van der Waals surface area contributed by atoms with Gasteiger partial charge in [0.2, 0.25) is 0 Å². The molecule has 120 valence electrons. The highest BCUT2D eigenvalue weighted by Gasteiger charge is 2.25. The fourth-order valence-corrected chi connectivity index (χ4v) is 2.73. The Balaban J connectivity index is 1.56. The van der Waals surface area contributed by atoms with Crippen molar-refractivity contribution in [2.75, 3.05) is 12.3 Å². The number of carbonyl (C=O) groups excluding carboxylic acids is 1. The molecule has 2 aromatic heterocycles. The number of carbonyl (C=O) groups is 1. The summed E-state index contributed by atoms with van der Waals surface area (Å²) in [7, 11) is 0. The minimum atomic E-state index is -0.154. The summed E-state index contributed by atoms with van der Waals surface area (Å²) in [5.74, 6) is 0.205. The Morgan fingerprint density at radius 2 is 2.00 bits per heavy atom. The molecule has 0 saturated heterocycles. The van der Waals surface area contributed by atoms with Gasteiger partial charge in [0.25, 0.3) is 5.91 Å². The van der Waals surface area contributed by atoms with Crippen LogP contribution in [0.5, 0.6) is 0 Å². The molecule has 1 amide bonds. The van der Waals surface area contributed by atoms with Crippen LogP contribution >= 0.6 is 0 Å². The Kier molecular flexibility index (Phi) is 3.42. The maximum absolute atomic E-state index is 12.7. The number of aromatic nitrogens is 5. The lowest BCUT2D eigenvalue weighted by Gasteiger charge is -2.27. The third-order valence-electron chi connectivity index (χ3n) is 3.94. The number of hydrogen-bond donors (Lipinski definition) is 1. The molecule has 3 heterocycles. The van der Waals surface area contributed by atoms with Crippen LogP contribution in [0.4, 0.5) is 5.82 Å². The molecular formula is C16H15N7O. The zero-order valence-corrected chi connectivity index (χ0v) is 12.8. The summed E-state index contributed by atoms with van der Waals surface area (Å²) in [4.78, 5) is 15.9. The first-order valence-corrected chi connectivity index (χ1v) is 7.59. The average Bonchev–Trinajstić information content (AvgIpc) is 3.11. The molecule has 0 atom stereocenters. The highest BCUT2D eigenvalue weighted by molar-refractivity contribution is 5.92. The first-order chi connectivity index (χ1) is 11.7. The normalized spacial score (nSPS) is 13.6. The third-order valence-corrected chi connectivity index (χ3v) is 3.94. The van der Waals surface area contributed by atoms with E-state index >= 15 is 0 Å². The number of nitrogens with zero attached hydrogens (tertiary/aromatic N) is 6. The second-order valence-corrected chi connectivity index (χ2v) is 5.57. The van der Waals surface area contributed by atoms with Crippen LogP contribution in [0, 0.1) is 0 Å². The van der Waals surface area contributed by atoms with Crippen molar-refractivity contribution in [3.8, 4) is 5.69 Å². The maximum Gasteiger partial charge on any atom is 0.276 e. The van der Waals surface area contributed by atoms with E-state index in [9.17, 15) is 4.79 Å². The van der Waals surface area contributed by atoms with E-state index in [0.717, 1.165) is 16.9 Å². The summed E-state index contributed by atoms with van der Waals surface area (Å²) in [6, 6.07) is 11.2. The van der Waals surface area contributed by atoms with E-state index in [0.29, 0.717) is 31.0 Å². The van der Waals surface area contributed by atoms with Crippen molar-refractivity contribution in [3.05, 3.63) is 59.5 Å². The second kappa shape index (κ2) is 5.73. The van der Waals surface area contributed by atoms with Gasteiger partial charge >= 0.3 is 0 Å². The predicted octanol–water partition coefficient (Wildman–Crippen LogP) is 0.838. The Morgan fingerprint density at radius 3 is 2.83 bits per heavy atom. The standard InChI is InChI=1S/C16H15N7O/c17-15-8-11-10-22(7-6-13(11)19-20-15)16(24)14-9-18-23(21-14)12-4-2-1-3-5-12/h1-5,8-9H,6-7,10H2,(H2,17,20). The second-order valence-electron chi connectivity index (χ2n) is 5.57. The van der Waals surface area contributed by atoms with Gasteiger partial charge in [-0.15, -0.1) is 10.2 Å². The number of hydrogen-bond acceptors (Lipinski definition) is 6. The zero-order chi connectivity index (χ0) is 16.5. The molecule has 24 heavy (non-hydrogen) atoms. The third kappa shape index (κ3) is 2.58. The van der Waals surface area contributed by atoms with E-state index in [-0.39, 0.29) is 5.91 Å². The van der Waals surface area contributed by atoms with E-state index in [1.165, 1.54) is 11.0 Å². The van der Waals surface area contributed by atoms with Crippen LogP contribution in [0.1, 0.15) is 21.7 Å². The number of anilines is 1. The molecule has 0 saturated carbocycles. The summed E-state index contributed by atoms with van der Waals surface area (Å²) in [6.45, 7) is 1.02. The first kappa shape index (κ1) is 14.3. The number of fused-ring (bicyclic) bond motifs is 1. The van der Waals surface area contributed by atoms with Crippen LogP contribution in [0.25, 0.3) is 5.69 Å². The molecule has 1 aromatic carbocycles. The topological polar surface area (TPSA) is 103 Å². The molecule has 0 radical (unpaired) electrons. The van der Waals surface area contributed by atoms with Crippen molar-refractivity contribution in [2.24, 2.45) is 0 Å². The Hall–Kier alpha value is -3.29. The molecule has 0 spiro atoms. The van der Waals surface area contributed by atoms with Crippen LogP contribution in [-0.4, -0.2) is 42.5 Å². The number of rotatable bonds is 2. The number of nitrogens with two attached hydrogens (primary N) is 1. The lowest BCUT2D eigenvalue weighted by atomic mass is 10.1. The quantitative estimate of drug-likeness (QED) is 0.750. The van der Waals surface area contributed by atoms with E-state index in [2.05, 4.69) is 20.4 Å². The van der Waals surface area contributed by atoms with Crippen LogP contribution in [0.15, 0.2) is 42.6 Å². The van der Waals surface area contributed by atoms with Gasteiger partial charge in [-0.1, -0.05) is 18.2 Å². The van der Waals surface area contributed by atoms with Gasteiger partial charge in [-0.3, -0.25) is 4.79 Å². The molecule has 8 nitrogen and oxygen atoms in total. The van der Waals surface area contributed by atoms with Gasteiger partial charge in [-0.25, -0.2) is 0 Å². The largest absolute Gasteiger partial charge is 0.382 e. The zero-order valence-electron chi connectivity index (χ0n) is 12.8. The van der Waals surface area contributed by atoms with Crippen LogP contribution < -0.4 is 5.73 Å². The molecule has 1 aliphatic rings. The molecule has 8 heteroatoms. The summed E-state index contributed by atoms with van der Waals surface area (Å²) >= 11 is 0. The van der Waals surface area contributed by atoms with Crippen LogP contribution in [-0.2, 0) is 13.0 Å². The molecule has 2 N–H and O–H groups in total.